The third-order valence-corrected chi connectivity index (χ3v) is 6.87. The number of imidazole rings is 1. The van der Waals surface area contributed by atoms with Crippen molar-refractivity contribution in [2.24, 2.45) is 0 Å². The topological polar surface area (TPSA) is 94.3 Å². The summed E-state index contributed by atoms with van der Waals surface area (Å²) in [6, 6.07) is 17.8. The summed E-state index contributed by atoms with van der Waals surface area (Å²) in [6.45, 7) is 4.63. The Kier molecular flexibility index (Phi) is 6.90. The van der Waals surface area contributed by atoms with Crippen LogP contribution in [0.4, 0.5) is 0 Å². The quantitative estimate of drug-likeness (QED) is 0.285. The van der Waals surface area contributed by atoms with Gasteiger partial charge in [-0.15, -0.1) is 10.2 Å². The van der Waals surface area contributed by atoms with Crippen LogP contribution in [0.15, 0.2) is 76.3 Å². The Bertz CT molecular complexity index is 1520. The molecule has 9 heteroatoms. The number of aromatic amines is 1. The average Bonchev–Trinajstić information content (AvgIpc) is 3.53. The predicted molar refractivity (Wildman–Crippen MR) is 143 cm³/mol. The standard InChI is InChI=1S/C27H26BrN7O/c1-3-4-9-20-17-35(25-18(2)8-7-12-23(25)28)27(36)34(20)16-19-13-14-24(29-15-19)21-10-5-6-11-22(21)26-30-32-33-31-26/h5-8,10-15,17H,3-4,9,16H2,1-2H3,(H,30,31,32,33). The highest BCUT2D eigenvalue weighted by molar-refractivity contribution is 9.10. The number of nitrogens with zero attached hydrogens (tertiary/aromatic N) is 6. The first kappa shape index (κ1) is 23.9. The SMILES string of the molecule is CCCCc1cn(-c2c(C)cccc2Br)c(=O)n1Cc1ccc(-c2ccccc2-c2nn[nH]n2)nc1. The summed E-state index contributed by atoms with van der Waals surface area (Å²) in [5.74, 6) is 0.521. The van der Waals surface area contributed by atoms with Crippen LogP contribution in [0.5, 0.6) is 0 Å². The summed E-state index contributed by atoms with van der Waals surface area (Å²) >= 11 is 3.63. The van der Waals surface area contributed by atoms with Crippen molar-refractivity contribution >= 4 is 15.9 Å². The van der Waals surface area contributed by atoms with Crippen molar-refractivity contribution < 1.29 is 0 Å². The predicted octanol–water partition coefficient (Wildman–Crippen LogP) is 5.34. The van der Waals surface area contributed by atoms with Crippen molar-refractivity contribution in [1.29, 1.82) is 0 Å². The summed E-state index contributed by atoms with van der Waals surface area (Å²) in [5, 5.41) is 14.4. The smallest absolute Gasteiger partial charge is 0.292 e. The van der Waals surface area contributed by atoms with E-state index in [-0.39, 0.29) is 5.69 Å². The van der Waals surface area contributed by atoms with E-state index >= 15 is 0 Å². The van der Waals surface area contributed by atoms with Crippen molar-refractivity contribution in [3.8, 4) is 28.3 Å². The lowest BCUT2D eigenvalue weighted by molar-refractivity contribution is 0.672. The average molecular weight is 544 g/mol. The van der Waals surface area contributed by atoms with Crippen LogP contribution in [0.3, 0.4) is 0 Å². The molecule has 0 saturated carbocycles. The molecule has 3 heterocycles. The van der Waals surface area contributed by atoms with E-state index < -0.39 is 0 Å². The molecule has 0 unspecified atom stereocenters. The lowest BCUT2D eigenvalue weighted by Gasteiger charge is -2.10. The van der Waals surface area contributed by atoms with E-state index in [1.54, 1.807) is 4.57 Å². The molecule has 0 amide bonds. The lowest BCUT2D eigenvalue weighted by Crippen LogP contribution is -2.25. The number of aryl methyl sites for hydroxylation is 2. The summed E-state index contributed by atoms with van der Waals surface area (Å²) < 4.78 is 4.52. The third kappa shape index (κ3) is 4.66. The van der Waals surface area contributed by atoms with Gasteiger partial charge in [-0.05, 0) is 64.2 Å². The van der Waals surface area contributed by atoms with Gasteiger partial charge >= 0.3 is 5.69 Å². The summed E-state index contributed by atoms with van der Waals surface area (Å²) in [5.41, 5.74) is 6.41. The van der Waals surface area contributed by atoms with Crippen molar-refractivity contribution in [2.75, 3.05) is 0 Å². The third-order valence-electron chi connectivity index (χ3n) is 6.23. The fraction of sp³-hybridized carbons (Fsp3) is 0.222. The fourth-order valence-corrected chi connectivity index (χ4v) is 5.04. The van der Waals surface area contributed by atoms with Gasteiger partial charge in [0, 0.05) is 33.7 Å². The molecular weight excluding hydrogens is 518 g/mol. The number of H-pyrrole nitrogens is 1. The van der Waals surface area contributed by atoms with E-state index in [0.717, 1.165) is 63.1 Å². The van der Waals surface area contributed by atoms with Crippen molar-refractivity contribution in [2.45, 2.75) is 39.7 Å². The van der Waals surface area contributed by atoms with Gasteiger partial charge in [-0.3, -0.25) is 14.1 Å². The second kappa shape index (κ2) is 10.4. The maximum Gasteiger partial charge on any atom is 0.333 e. The van der Waals surface area contributed by atoms with Gasteiger partial charge in [0.05, 0.1) is 17.9 Å². The van der Waals surface area contributed by atoms with Crippen molar-refractivity contribution in [3.63, 3.8) is 0 Å². The Morgan fingerprint density at radius 2 is 1.86 bits per heavy atom. The molecule has 5 aromatic rings. The summed E-state index contributed by atoms with van der Waals surface area (Å²) in [6.07, 6.45) is 6.73. The molecule has 3 aromatic heterocycles. The highest BCUT2D eigenvalue weighted by Crippen LogP contribution is 2.28. The van der Waals surface area contributed by atoms with E-state index in [4.69, 9.17) is 4.98 Å². The van der Waals surface area contributed by atoms with E-state index in [1.165, 1.54) is 0 Å². The monoisotopic (exact) mass is 543 g/mol. The molecule has 0 spiro atoms. The van der Waals surface area contributed by atoms with Crippen LogP contribution in [0.2, 0.25) is 0 Å². The molecule has 36 heavy (non-hydrogen) atoms. The van der Waals surface area contributed by atoms with E-state index in [2.05, 4.69) is 43.5 Å². The maximum atomic E-state index is 13.6. The first-order chi connectivity index (χ1) is 17.6. The number of rotatable bonds is 8. The molecule has 0 aliphatic rings. The molecule has 0 saturated heterocycles. The Morgan fingerprint density at radius 1 is 1.03 bits per heavy atom. The van der Waals surface area contributed by atoms with E-state index in [0.29, 0.717) is 12.4 Å². The molecule has 8 nitrogen and oxygen atoms in total. The molecule has 0 aliphatic carbocycles. The minimum absolute atomic E-state index is 0.0531. The molecule has 0 atom stereocenters. The van der Waals surface area contributed by atoms with Crippen LogP contribution in [-0.2, 0) is 13.0 Å². The maximum absolute atomic E-state index is 13.6. The van der Waals surface area contributed by atoms with E-state index in [9.17, 15) is 4.79 Å². The number of para-hydroxylation sites is 1. The number of unbranched alkanes of at least 4 members (excludes halogenated alkanes) is 1. The molecule has 0 bridgehead atoms. The van der Waals surface area contributed by atoms with Crippen LogP contribution in [0.25, 0.3) is 28.3 Å². The van der Waals surface area contributed by atoms with Crippen molar-refractivity contribution in [3.05, 3.63) is 98.8 Å². The number of hydrogen-bond donors (Lipinski definition) is 1. The largest absolute Gasteiger partial charge is 0.333 e. The van der Waals surface area contributed by atoms with Crippen LogP contribution in [-0.4, -0.2) is 34.7 Å². The van der Waals surface area contributed by atoms with Gasteiger partial charge in [0.1, 0.15) is 0 Å². The number of halogens is 1. The molecule has 2 aromatic carbocycles. The van der Waals surface area contributed by atoms with Crippen LogP contribution in [0, 0.1) is 6.92 Å². The number of benzene rings is 2. The molecule has 0 fully saturated rings. The Hall–Kier alpha value is -3.85. The highest BCUT2D eigenvalue weighted by Gasteiger charge is 2.17. The van der Waals surface area contributed by atoms with E-state index in [1.807, 2.05) is 78.5 Å². The molecule has 0 aliphatic heterocycles. The molecule has 5 rings (SSSR count). The Labute approximate surface area is 217 Å². The second-order valence-electron chi connectivity index (χ2n) is 8.70. The number of hydrogen-bond acceptors (Lipinski definition) is 5. The zero-order valence-corrected chi connectivity index (χ0v) is 21.7. The van der Waals surface area contributed by atoms with Gasteiger partial charge < -0.3 is 0 Å². The molecule has 0 radical (unpaired) electrons. The van der Waals surface area contributed by atoms with Gasteiger partial charge in [-0.1, -0.05) is 55.8 Å². The minimum Gasteiger partial charge on any atom is -0.292 e. The second-order valence-corrected chi connectivity index (χ2v) is 9.56. The number of pyridine rings is 1. The molecule has 1 N–H and O–H groups in total. The minimum atomic E-state index is -0.0531. The number of aromatic nitrogens is 7. The number of tetrazole rings is 1. The zero-order chi connectivity index (χ0) is 25.1. The van der Waals surface area contributed by atoms with Gasteiger partial charge in [0.15, 0.2) is 0 Å². The van der Waals surface area contributed by atoms with Crippen LogP contribution in [0.1, 0.15) is 36.6 Å². The molecular formula is C27H26BrN7O. The van der Waals surface area contributed by atoms with Crippen molar-refractivity contribution in [1.82, 2.24) is 34.7 Å². The van der Waals surface area contributed by atoms with Gasteiger partial charge in [-0.25, -0.2) is 4.79 Å². The normalized spacial score (nSPS) is 11.2. The lowest BCUT2D eigenvalue weighted by atomic mass is 10.0. The van der Waals surface area contributed by atoms with Gasteiger partial charge in [-0.2, -0.15) is 5.21 Å². The van der Waals surface area contributed by atoms with Crippen LogP contribution >= 0.6 is 15.9 Å². The summed E-state index contributed by atoms with van der Waals surface area (Å²) in [4.78, 5) is 18.3. The Balaban J connectivity index is 1.49. The van der Waals surface area contributed by atoms with Gasteiger partial charge in [0.2, 0.25) is 5.82 Å². The summed E-state index contributed by atoms with van der Waals surface area (Å²) in [7, 11) is 0. The first-order valence-electron chi connectivity index (χ1n) is 11.9. The van der Waals surface area contributed by atoms with Crippen LogP contribution < -0.4 is 5.69 Å². The Morgan fingerprint density at radius 3 is 2.56 bits per heavy atom. The number of nitrogens with one attached hydrogen (secondary N) is 1. The zero-order valence-electron chi connectivity index (χ0n) is 20.1. The fourth-order valence-electron chi connectivity index (χ4n) is 4.38. The molecule has 182 valence electrons. The van der Waals surface area contributed by atoms with Gasteiger partial charge in [0.25, 0.3) is 0 Å². The first-order valence-corrected chi connectivity index (χ1v) is 12.7. The highest BCUT2D eigenvalue weighted by atomic mass is 79.9.